The zero-order valence-electron chi connectivity index (χ0n) is 15.0. The molecule has 144 valence electrons. The molecule has 0 aliphatic heterocycles. The van der Waals surface area contributed by atoms with Crippen molar-refractivity contribution in [1.82, 2.24) is 4.98 Å². The van der Waals surface area contributed by atoms with E-state index in [4.69, 9.17) is 16.3 Å². The van der Waals surface area contributed by atoms with Crippen molar-refractivity contribution in [3.63, 3.8) is 0 Å². The summed E-state index contributed by atoms with van der Waals surface area (Å²) in [7, 11) is 0. The average Bonchev–Trinajstić information content (AvgIpc) is 2.72. The number of hydrogen-bond acceptors (Lipinski definition) is 3. The Morgan fingerprint density at radius 3 is 2.62 bits per heavy atom. The van der Waals surface area contributed by atoms with Crippen LogP contribution in [-0.2, 0) is 11.3 Å². The maximum atomic E-state index is 14.0. The summed E-state index contributed by atoms with van der Waals surface area (Å²) >= 11 is 9.48. The van der Waals surface area contributed by atoms with Crippen LogP contribution in [0.3, 0.4) is 0 Å². The number of aromatic nitrogens is 1. The summed E-state index contributed by atoms with van der Waals surface area (Å²) in [5.74, 6) is -1.08. The standard InChI is InChI=1S/C23H14BrClFNO2/c24-15-6-3-5-14(11-15)22-12-17(16-7-1-2-10-21(16)27-22)23(28)29-13-18-19(25)8-4-9-20(18)26/h1-12H,13H2. The Bertz CT molecular complexity index is 1210. The third-order valence-electron chi connectivity index (χ3n) is 4.47. The molecule has 1 heterocycles. The molecule has 0 bridgehead atoms. The van der Waals surface area contributed by atoms with Crippen molar-refractivity contribution in [2.45, 2.75) is 6.61 Å². The number of halogens is 3. The average molecular weight is 471 g/mol. The fourth-order valence-corrected chi connectivity index (χ4v) is 3.64. The lowest BCUT2D eigenvalue weighted by atomic mass is 10.0. The van der Waals surface area contributed by atoms with Crippen molar-refractivity contribution in [2.24, 2.45) is 0 Å². The van der Waals surface area contributed by atoms with Crippen LogP contribution in [0.4, 0.5) is 4.39 Å². The number of hydrogen-bond donors (Lipinski definition) is 0. The minimum Gasteiger partial charge on any atom is -0.457 e. The smallest absolute Gasteiger partial charge is 0.339 e. The molecule has 0 spiro atoms. The first-order valence-corrected chi connectivity index (χ1v) is 9.96. The number of esters is 1. The molecule has 0 aliphatic rings. The van der Waals surface area contributed by atoms with E-state index in [0.29, 0.717) is 22.2 Å². The van der Waals surface area contributed by atoms with Gasteiger partial charge in [0.15, 0.2) is 0 Å². The largest absolute Gasteiger partial charge is 0.457 e. The minimum atomic E-state index is -0.570. The zero-order valence-corrected chi connectivity index (χ0v) is 17.4. The molecule has 0 atom stereocenters. The SMILES string of the molecule is O=C(OCc1c(F)cccc1Cl)c1cc(-c2cccc(Br)c2)nc2ccccc12. The quantitative estimate of drug-likeness (QED) is 0.307. The van der Waals surface area contributed by atoms with Gasteiger partial charge in [-0.1, -0.05) is 63.9 Å². The van der Waals surface area contributed by atoms with E-state index >= 15 is 0 Å². The summed E-state index contributed by atoms with van der Waals surface area (Å²) in [5.41, 5.74) is 2.67. The monoisotopic (exact) mass is 469 g/mol. The Hall–Kier alpha value is -2.76. The topological polar surface area (TPSA) is 39.2 Å². The van der Waals surface area contributed by atoms with Gasteiger partial charge in [-0.3, -0.25) is 0 Å². The number of para-hydroxylation sites is 1. The lowest BCUT2D eigenvalue weighted by Crippen LogP contribution is -2.08. The summed E-state index contributed by atoms with van der Waals surface area (Å²) in [4.78, 5) is 17.5. The molecule has 0 N–H and O–H groups in total. The highest BCUT2D eigenvalue weighted by Crippen LogP contribution is 2.28. The number of benzene rings is 3. The summed E-state index contributed by atoms with van der Waals surface area (Å²) in [6.45, 7) is -0.257. The molecule has 0 aliphatic carbocycles. The molecule has 29 heavy (non-hydrogen) atoms. The number of nitrogens with zero attached hydrogens (tertiary/aromatic N) is 1. The van der Waals surface area contributed by atoms with Crippen LogP contribution < -0.4 is 0 Å². The fraction of sp³-hybridized carbons (Fsp3) is 0.0435. The van der Waals surface area contributed by atoms with Crippen molar-refractivity contribution in [2.75, 3.05) is 0 Å². The van der Waals surface area contributed by atoms with E-state index < -0.39 is 11.8 Å². The molecular weight excluding hydrogens is 457 g/mol. The fourth-order valence-electron chi connectivity index (χ4n) is 3.03. The van der Waals surface area contributed by atoms with Gasteiger partial charge >= 0.3 is 5.97 Å². The predicted octanol–water partition coefficient (Wildman–Crippen LogP) is 6.81. The first-order valence-electron chi connectivity index (χ1n) is 8.78. The predicted molar refractivity (Wildman–Crippen MR) is 115 cm³/mol. The first-order chi connectivity index (χ1) is 14.0. The normalized spacial score (nSPS) is 10.9. The Kier molecular flexibility index (Phi) is 5.60. The van der Waals surface area contributed by atoms with Gasteiger partial charge in [0.05, 0.1) is 21.8 Å². The Balaban J connectivity index is 1.73. The third-order valence-corrected chi connectivity index (χ3v) is 5.31. The molecule has 4 rings (SSSR count). The number of carbonyl (C=O) groups is 1. The third kappa shape index (κ3) is 4.16. The Labute approximate surface area is 180 Å². The van der Waals surface area contributed by atoms with Gasteiger partial charge in [0.2, 0.25) is 0 Å². The van der Waals surface area contributed by atoms with Crippen LogP contribution in [0.2, 0.25) is 5.02 Å². The summed E-state index contributed by atoms with van der Waals surface area (Å²) in [6.07, 6.45) is 0. The lowest BCUT2D eigenvalue weighted by molar-refractivity contribution is 0.0471. The molecule has 4 aromatic rings. The van der Waals surface area contributed by atoms with Gasteiger partial charge < -0.3 is 4.74 Å². The minimum absolute atomic E-state index is 0.146. The maximum Gasteiger partial charge on any atom is 0.339 e. The number of ether oxygens (including phenoxy) is 1. The second kappa shape index (κ2) is 8.31. The highest BCUT2D eigenvalue weighted by molar-refractivity contribution is 9.10. The van der Waals surface area contributed by atoms with Crippen LogP contribution in [0.5, 0.6) is 0 Å². The number of fused-ring (bicyclic) bond motifs is 1. The van der Waals surface area contributed by atoms with E-state index in [1.165, 1.54) is 12.1 Å². The molecular formula is C23H14BrClFNO2. The second-order valence-corrected chi connectivity index (χ2v) is 7.68. The number of rotatable bonds is 4. The number of pyridine rings is 1. The van der Waals surface area contributed by atoms with E-state index in [1.807, 2.05) is 42.5 Å². The Morgan fingerprint density at radius 2 is 1.83 bits per heavy atom. The molecule has 1 aromatic heterocycles. The molecule has 3 aromatic carbocycles. The molecule has 0 radical (unpaired) electrons. The van der Waals surface area contributed by atoms with Crippen molar-refractivity contribution in [1.29, 1.82) is 0 Å². The van der Waals surface area contributed by atoms with Crippen LogP contribution >= 0.6 is 27.5 Å². The van der Waals surface area contributed by atoms with Crippen LogP contribution in [0, 0.1) is 5.82 Å². The van der Waals surface area contributed by atoms with E-state index in [-0.39, 0.29) is 17.2 Å². The highest BCUT2D eigenvalue weighted by atomic mass is 79.9. The summed E-state index contributed by atoms with van der Waals surface area (Å²) in [5, 5.41) is 0.878. The number of carbonyl (C=O) groups excluding carboxylic acids is 1. The van der Waals surface area contributed by atoms with E-state index in [1.54, 1.807) is 18.2 Å². The van der Waals surface area contributed by atoms with Crippen molar-refractivity contribution < 1.29 is 13.9 Å². The van der Waals surface area contributed by atoms with Crippen molar-refractivity contribution in [3.05, 3.63) is 99.2 Å². The van der Waals surface area contributed by atoms with Crippen LogP contribution in [0.25, 0.3) is 22.2 Å². The van der Waals surface area contributed by atoms with Crippen LogP contribution in [-0.4, -0.2) is 11.0 Å². The molecule has 0 saturated carbocycles. The summed E-state index contributed by atoms with van der Waals surface area (Å²) < 4.78 is 20.3. The lowest BCUT2D eigenvalue weighted by Gasteiger charge is -2.11. The van der Waals surface area contributed by atoms with Gasteiger partial charge in [0, 0.05) is 21.0 Å². The van der Waals surface area contributed by atoms with Gasteiger partial charge in [-0.2, -0.15) is 0 Å². The highest BCUT2D eigenvalue weighted by Gasteiger charge is 2.17. The van der Waals surface area contributed by atoms with E-state index in [2.05, 4.69) is 20.9 Å². The molecule has 0 unspecified atom stereocenters. The van der Waals surface area contributed by atoms with Gasteiger partial charge in [0.25, 0.3) is 0 Å². The zero-order chi connectivity index (χ0) is 20.4. The van der Waals surface area contributed by atoms with Gasteiger partial charge in [-0.15, -0.1) is 0 Å². The van der Waals surface area contributed by atoms with Crippen molar-refractivity contribution in [3.8, 4) is 11.3 Å². The molecule has 0 amide bonds. The molecule has 0 fully saturated rings. The van der Waals surface area contributed by atoms with Crippen LogP contribution in [0.1, 0.15) is 15.9 Å². The van der Waals surface area contributed by atoms with E-state index in [9.17, 15) is 9.18 Å². The van der Waals surface area contributed by atoms with E-state index in [0.717, 1.165) is 10.0 Å². The molecule has 3 nitrogen and oxygen atoms in total. The molecule has 0 saturated heterocycles. The van der Waals surface area contributed by atoms with Crippen molar-refractivity contribution >= 4 is 44.4 Å². The van der Waals surface area contributed by atoms with Crippen LogP contribution in [0.15, 0.2) is 77.3 Å². The second-order valence-electron chi connectivity index (χ2n) is 6.36. The van der Waals surface area contributed by atoms with Gasteiger partial charge in [0.1, 0.15) is 12.4 Å². The van der Waals surface area contributed by atoms with Gasteiger partial charge in [-0.05, 0) is 36.4 Å². The first kappa shape index (κ1) is 19.6. The molecule has 6 heteroatoms. The Morgan fingerprint density at radius 1 is 1.03 bits per heavy atom. The maximum absolute atomic E-state index is 14.0. The summed E-state index contributed by atoms with van der Waals surface area (Å²) in [6, 6.07) is 21.0. The van der Waals surface area contributed by atoms with Gasteiger partial charge in [-0.25, -0.2) is 14.2 Å².